The van der Waals surface area contributed by atoms with Gasteiger partial charge in [-0.1, -0.05) is 41.5 Å². The zero-order valence-electron chi connectivity index (χ0n) is 15.9. The lowest BCUT2D eigenvalue weighted by atomic mass is 9.85. The zero-order chi connectivity index (χ0) is 18.1. The Morgan fingerprint density at radius 1 is 0.913 bits per heavy atom. The van der Waals surface area contributed by atoms with Crippen molar-refractivity contribution in [1.82, 2.24) is 0 Å². The van der Waals surface area contributed by atoms with Crippen LogP contribution in [0.25, 0.3) is 0 Å². The van der Waals surface area contributed by atoms with Gasteiger partial charge in [0.25, 0.3) is 0 Å². The smallest absolute Gasteiger partial charge is 0.161 e. The number of aliphatic hydroxyl groups is 1. The van der Waals surface area contributed by atoms with E-state index in [-0.39, 0.29) is 11.6 Å². The van der Waals surface area contributed by atoms with Crippen LogP contribution in [0.2, 0.25) is 0 Å². The molecule has 1 N–H and O–H groups in total. The van der Waals surface area contributed by atoms with Crippen molar-refractivity contribution in [2.45, 2.75) is 86.2 Å². The second-order valence-corrected chi connectivity index (χ2v) is 9.88. The molecule has 0 aliphatic carbocycles. The van der Waals surface area contributed by atoms with E-state index in [4.69, 9.17) is 0 Å². The van der Waals surface area contributed by atoms with Crippen molar-refractivity contribution in [2.24, 2.45) is 10.8 Å². The number of Topliss-reactive ketones (excluding diaryl/α,β-unsaturated/α-hetero) is 2. The minimum Gasteiger partial charge on any atom is -0.385 e. The van der Waals surface area contributed by atoms with E-state index in [9.17, 15) is 14.7 Å². The highest BCUT2D eigenvalue weighted by Crippen LogP contribution is 2.22. The van der Waals surface area contributed by atoms with Crippen LogP contribution in [-0.2, 0) is 9.59 Å². The second-order valence-electron chi connectivity index (χ2n) is 8.65. The first-order valence-corrected chi connectivity index (χ1v) is 9.89. The molecule has 3 nitrogen and oxygen atoms in total. The van der Waals surface area contributed by atoms with Gasteiger partial charge in [0.15, 0.2) is 5.78 Å². The molecule has 136 valence electrons. The molecule has 0 radical (unpaired) electrons. The highest BCUT2D eigenvalue weighted by molar-refractivity contribution is 7.99. The van der Waals surface area contributed by atoms with Crippen molar-refractivity contribution in [3.63, 3.8) is 0 Å². The van der Waals surface area contributed by atoms with E-state index in [0.29, 0.717) is 31.1 Å². The third kappa shape index (κ3) is 12.7. The Morgan fingerprint density at radius 3 is 2.00 bits per heavy atom. The second kappa shape index (κ2) is 10.5. The Labute approximate surface area is 147 Å². The Balaban J connectivity index is 3.67. The molecule has 0 aromatic carbocycles. The maximum atomic E-state index is 11.8. The van der Waals surface area contributed by atoms with Crippen molar-refractivity contribution < 1.29 is 14.7 Å². The molecule has 0 spiro atoms. The fourth-order valence-electron chi connectivity index (χ4n) is 2.06. The van der Waals surface area contributed by atoms with Gasteiger partial charge in [-0.2, -0.15) is 11.8 Å². The number of rotatable bonds is 11. The lowest BCUT2D eigenvalue weighted by Crippen LogP contribution is -2.34. The molecule has 23 heavy (non-hydrogen) atoms. The molecule has 0 saturated carbocycles. The molecule has 0 rings (SSSR count). The lowest BCUT2D eigenvalue weighted by Gasteiger charge is -2.24. The number of aliphatic hydroxyl groups excluding tert-OH is 1. The molecule has 0 aliphatic rings. The fraction of sp³-hybridized carbons (Fsp3) is 0.895. The summed E-state index contributed by atoms with van der Waals surface area (Å²) in [6.07, 6.45) is 3.10. The molecule has 4 heteroatoms. The molecule has 1 atom stereocenters. The standard InChI is InChI=1S/C19H36O3S/c1-18(2,3)12-14-23-13-8-10-15(20)9-7-11-16(21)17(22)19(4,5)6/h17,22H,7-14H2,1-6H3. The summed E-state index contributed by atoms with van der Waals surface area (Å²) in [4.78, 5) is 23.6. The van der Waals surface area contributed by atoms with Gasteiger partial charge in [-0.05, 0) is 41.6 Å². The summed E-state index contributed by atoms with van der Waals surface area (Å²) in [6, 6.07) is 0. The van der Waals surface area contributed by atoms with Gasteiger partial charge in [-0.15, -0.1) is 0 Å². The van der Waals surface area contributed by atoms with Gasteiger partial charge in [0.05, 0.1) is 0 Å². The van der Waals surface area contributed by atoms with Gasteiger partial charge in [-0.25, -0.2) is 0 Å². The molecular formula is C19H36O3S. The first kappa shape index (κ1) is 22.6. The summed E-state index contributed by atoms with van der Waals surface area (Å²) in [5.74, 6) is 2.27. The lowest BCUT2D eigenvalue weighted by molar-refractivity contribution is -0.132. The first-order valence-electron chi connectivity index (χ1n) is 8.74. The Morgan fingerprint density at radius 2 is 1.48 bits per heavy atom. The predicted molar refractivity (Wildman–Crippen MR) is 100.0 cm³/mol. The first-order chi connectivity index (χ1) is 10.4. The van der Waals surface area contributed by atoms with Crippen LogP contribution in [0.4, 0.5) is 0 Å². The van der Waals surface area contributed by atoms with Crippen molar-refractivity contribution in [3.8, 4) is 0 Å². The molecule has 1 unspecified atom stereocenters. The number of thioether (sulfide) groups is 1. The third-order valence-corrected chi connectivity index (χ3v) is 4.81. The molecule has 0 saturated heterocycles. The highest BCUT2D eigenvalue weighted by Gasteiger charge is 2.28. The van der Waals surface area contributed by atoms with Crippen LogP contribution in [-0.4, -0.2) is 34.3 Å². The van der Waals surface area contributed by atoms with Crippen LogP contribution in [0.1, 0.15) is 80.1 Å². The van der Waals surface area contributed by atoms with Crippen LogP contribution in [0.15, 0.2) is 0 Å². The van der Waals surface area contributed by atoms with Crippen LogP contribution < -0.4 is 0 Å². The van der Waals surface area contributed by atoms with Crippen LogP contribution in [0, 0.1) is 10.8 Å². The predicted octanol–water partition coefficient (Wildman–Crippen LogP) is 4.65. The molecule has 0 amide bonds. The van der Waals surface area contributed by atoms with Crippen LogP contribution in [0.3, 0.4) is 0 Å². The molecule has 0 bridgehead atoms. The third-order valence-electron chi connectivity index (χ3n) is 3.74. The van der Waals surface area contributed by atoms with Gasteiger partial charge >= 0.3 is 0 Å². The van der Waals surface area contributed by atoms with E-state index < -0.39 is 11.5 Å². The molecule has 0 fully saturated rings. The van der Waals surface area contributed by atoms with E-state index in [1.165, 1.54) is 6.42 Å². The quantitative estimate of drug-likeness (QED) is 0.554. The van der Waals surface area contributed by atoms with Gasteiger partial charge in [0, 0.05) is 19.3 Å². The summed E-state index contributed by atoms with van der Waals surface area (Å²) in [6.45, 7) is 12.3. The maximum absolute atomic E-state index is 11.8. The van der Waals surface area contributed by atoms with E-state index in [1.54, 1.807) is 0 Å². The largest absolute Gasteiger partial charge is 0.385 e. The van der Waals surface area contributed by atoms with Gasteiger partial charge in [0.1, 0.15) is 11.9 Å². The fourth-order valence-corrected chi connectivity index (χ4v) is 3.37. The average molecular weight is 345 g/mol. The topological polar surface area (TPSA) is 54.4 Å². The molecule has 0 aromatic rings. The maximum Gasteiger partial charge on any atom is 0.161 e. The molecule has 0 aromatic heterocycles. The zero-order valence-corrected chi connectivity index (χ0v) is 16.7. The van der Waals surface area contributed by atoms with E-state index in [1.807, 2.05) is 32.5 Å². The summed E-state index contributed by atoms with van der Waals surface area (Å²) >= 11 is 1.92. The minimum atomic E-state index is -0.934. The highest BCUT2D eigenvalue weighted by atomic mass is 32.2. The molecule has 0 heterocycles. The van der Waals surface area contributed by atoms with Crippen molar-refractivity contribution in [2.75, 3.05) is 11.5 Å². The van der Waals surface area contributed by atoms with Crippen molar-refractivity contribution in [1.29, 1.82) is 0 Å². The summed E-state index contributed by atoms with van der Waals surface area (Å²) in [5, 5.41) is 9.86. The normalized spacial score (nSPS) is 13.9. The monoisotopic (exact) mass is 344 g/mol. The summed E-state index contributed by atoms with van der Waals surface area (Å²) in [7, 11) is 0. The summed E-state index contributed by atoms with van der Waals surface area (Å²) in [5.41, 5.74) is -0.0433. The summed E-state index contributed by atoms with van der Waals surface area (Å²) < 4.78 is 0. The molecule has 0 aliphatic heterocycles. The van der Waals surface area contributed by atoms with Crippen molar-refractivity contribution >= 4 is 23.3 Å². The van der Waals surface area contributed by atoms with Crippen LogP contribution in [0.5, 0.6) is 0 Å². The Bertz CT molecular complexity index is 364. The number of hydrogen-bond acceptors (Lipinski definition) is 4. The van der Waals surface area contributed by atoms with Crippen molar-refractivity contribution in [3.05, 3.63) is 0 Å². The van der Waals surface area contributed by atoms with E-state index in [2.05, 4.69) is 20.8 Å². The van der Waals surface area contributed by atoms with Gasteiger partial charge in [-0.3, -0.25) is 9.59 Å². The van der Waals surface area contributed by atoms with Crippen LogP contribution >= 0.6 is 11.8 Å². The van der Waals surface area contributed by atoms with Gasteiger partial charge < -0.3 is 5.11 Å². The average Bonchev–Trinajstić information content (AvgIpc) is 2.39. The SMILES string of the molecule is CC(C)(C)CCSCCCC(=O)CCCC(=O)C(O)C(C)(C)C. The number of ketones is 2. The number of hydrogen-bond donors (Lipinski definition) is 1. The number of carbonyl (C=O) groups is 2. The van der Waals surface area contributed by atoms with E-state index in [0.717, 1.165) is 17.9 Å². The Kier molecular flexibility index (Phi) is 10.3. The minimum absolute atomic E-state index is 0.150. The molecular weight excluding hydrogens is 308 g/mol. The van der Waals surface area contributed by atoms with Gasteiger partial charge in [0.2, 0.25) is 0 Å². The van der Waals surface area contributed by atoms with E-state index >= 15 is 0 Å². The number of carbonyl (C=O) groups excluding carboxylic acids is 2. The Hall–Kier alpha value is -0.350.